The number of nitrogens with zero attached hydrogens (tertiary/aromatic N) is 2. The number of hydrogen-bond acceptors (Lipinski definition) is 2. The van der Waals surface area contributed by atoms with Crippen molar-refractivity contribution in [3.8, 4) is 6.07 Å². The largest absolute Gasteiger partial charge is 0.339 e. The van der Waals surface area contributed by atoms with Crippen LogP contribution in [0.5, 0.6) is 0 Å². The molecule has 19 heavy (non-hydrogen) atoms. The number of allylic oxidation sites excluding steroid dienone is 3. The number of rotatable bonds is 6. The summed E-state index contributed by atoms with van der Waals surface area (Å²) in [6.45, 7) is 14.7. The van der Waals surface area contributed by atoms with Gasteiger partial charge in [-0.3, -0.25) is 0 Å². The fraction of sp³-hybridized carbons (Fsp3) is 0. The number of aliphatic imine (C=N–C) groups is 1. The molecule has 0 amide bonds. The van der Waals surface area contributed by atoms with E-state index >= 15 is 0 Å². The highest BCUT2D eigenvalue weighted by atomic mass is 14.9. The van der Waals surface area contributed by atoms with Crippen LogP contribution < -0.4 is 0 Å². The van der Waals surface area contributed by atoms with Crippen LogP contribution in [-0.4, -0.2) is 11.2 Å². The second-order valence-electron chi connectivity index (χ2n) is 3.61. The fourth-order valence-electron chi connectivity index (χ4n) is 1.52. The zero-order chi connectivity index (χ0) is 14.3. The molecule has 3 nitrogen and oxygen atoms in total. The molecule has 0 atom stereocenters. The summed E-state index contributed by atoms with van der Waals surface area (Å²) in [6.07, 6.45) is 10.2. The lowest BCUT2D eigenvalue weighted by Gasteiger charge is -1.94. The molecule has 1 rings (SSSR count). The smallest absolute Gasteiger partial charge is 0.138 e. The molecule has 1 heterocycles. The molecule has 0 aliphatic rings. The maximum absolute atomic E-state index is 8.65. The highest BCUT2D eigenvalue weighted by molar-refractivity contribution is 5.87. The van der Waals surface area contributed by atoms with Crippen molar-refractivity contribution in [3.05, 3.63) is 60.9 Å². The van der Waals surface area contributed by atoms with Crippen LogP contribution >= 0.6 is 0 Å². The Morgan fingerprint density at radius 3 is 2.47 bits per heavy atom. The van der Waals surface area contributed by atoms with Gasteiger partial charge in [0.05, 0.1) is 5.57 Å². The second kappa shape index (κ2) is 6.77. The normalized spacial score (nSPS) is 10.5. The van der Waals surface area contributed by atoms with Gasteiger partial charge in [-0.15, -0.1) is 0 Å². The van der Waals surface area contributed by atoms with Gasteiger partial charge in [0.15, 0.2) is 0 Å². The number of nitrogens with one attached hydrogen (secondary N) is 1. The molecule has 0 aliphatic carbocycles. The lowest BCUT2D eigenvalue weighted by molar-refractivity contribution is 1.32. The average Bonchev–Trinajstić information content (AvgIpc) is 2.79. The minimum absolute atomic E-state index is 0.285. The van der Waals surface area contributed by atoms with E-state index in [1.807, 2.05) is 18.2 Å². The van der Waals surface area contributed by atoms with Gasteiger partial charge in [-0.1, -0.05) is 50.6 Å². The Balaban J connectivity index is 3.34. The first-order valence-corrected chi connectivity index (χ1v) is 5.61. The maximum atomic E-state index is 8.65. The Bertz CT molecular complexity index is 619. The van der Waals surface area contributed by atoms with Gasteiger partial charge < -0.3 is 4.98 Å². The lowest BCUT2D eigenvalue weighted by atomic mass is 10.1. The average molecular weight is 249 g/mol. The summed E-state index contributed by atoms with van der Waals surface area (Å²) in [7, 11) is 0. The van der Waals surface area contributed by atoms with E-state index in [4.69, 9.17) is 5.26 Å². The molecule has 1 aromatic rings. The summed E-state index contributed by atoms with van der Waals surface area (Å²) in [6, 6.07) is 1.91. The van der Waals surface area contributed by atoms with E-state index in [0.29, 0.717) is 5.82 Å². The zero-order valence-electron chi connectivity index (χ0n) is 10.7. The summed E-state index contributed by atoms with van der Waals surface area (Å²) in [4.78, 5) is 7.32. The van der Waals surface area contributed by atoms with Gasteiger partial charge in [0.1, 0.15) is 11.9 Å². The minimum atomic E-state index is 0.285. The monoisotopic (exact) mass is 249 g/mol. The van der Waals surface area contributed by atoms with Gasteiger partial charge >= 0.3 is 0 Å². The van der Waals surface area contributed by atoms with Gasteiger partial charge in [0.25, 0.3) is 0 Å². The third-order valence-electron chi connectivity index (χ3n) is 2.39. The van der Waals surface area contributed by atoms with Crippen molar-refractivity contribution >= 4 is 30.3 Å². The molecule has 0 fully saturated rings. The van der Waals surface area contributed by atoms with E-state index in [1.165, 1.54) is 6.21 Å². The van der Waals surface area contributed by atoms with E-state index in [9.17, 15) is 0 Å². The molecule has 0 radical (unpaired) electrons. The Hall–Kier alpha value is -2.86. The highest BCUT2D eigenvalue weighted by Gasteiger charge is 2.10. The van der Waals surface area contributed by atoms with Crippen LogP contribution in [0.1, 0.15) is 16.8 Å². The predicted octanol–water partition coefficient (Wildman–Crippen LogP) is 4.28. The molecule has 1 aromatic heterocycles. The van der Waals surface area contributed by atoms with Gasteiger partial charge in [0, 0.05) is 23.0 Å². The topological polar surface area (TPSA) is 51.9 Å². The van der Waals surface area contributed by atoms with Crippen molar-refractivity contribution in [2.24, 2.45) is 4.99 Å². The second-order valence-corrected chi connectivity index (χ2v) is 3.61. The van der Waals surface area contributed by atoms with Crippen molar-refractivity contribution in [1.29, 1.82) is 5.26 Å². The Labute approximate surface area is 113 Å². The van der Waals surface area contributed by atoms with Gasteiger partial charge in [-0.2, -0.15) is 5.26 Å². The zero-order valence-corrected chi connectivity index (χ0v) is 10.7. The summed E-state index contributed by atoms with van der Waals surface area (Å²) in [5.41, 5.74) is 2.89. The summed E-state index contributed by atoms with van der Waals surface area (Å²) in [5, 5.41) is 8.65. The van der Waals surface area contributed by atoms with Crippen LogP contribution in [0.2, 0.25) is 0 Å². The first kappa shape index (κ1) is 14.2. The summed E-state index contributed by atoms with van der Waals surface area (Å²) < 4.78 is 0. The molecule has 3 heteroatoms. The van der Waals surface area contributed by atoms with Crippen LogP contribution in [0, 0.1) is 11.3 Å². The predicted molar refractivity (Wildman–Crippen MR) is 83.1 cm³/mol. The van der Waals surface area contributed by atoms with Crippen molar-refractivity contribution in [1.82, 2.24) is 4.98 Å². The quantitative estimate of drug-likeness (QED) is 0.456. The third-order valence-corrected chi connectivity index (χ3v) is 2.39. The van der Waals surface area contributed by atoms with E-state index in [-0.39, 0.29) is 5.57 Å². The van der Waals surface area contributed by atoms with Crippen LogP contribution in [0.25, 0.3) is 18.2 Å². The summed E-state index contributed by atoms with van der Waals surface area (Å²) >= 11 is 0. The van der Waals surface area contributed by atoms with Crippen LogP contribution in [-0.2, 0) is 0 Å². The Kier molecular flexibility index (Phi) is 5.06. The molecule has 0 saturated heterocycles. The van der Waals surface area contributed by atoms with E-state index in [0.717, 1.165) is 16.8 Å². The SMILES string of the molecule is C=C/C=C\c1c(C=C)[nH]c(/N=C\C(=C)C#N)c1C=C. The maximum Gasteiger partial charge on any atom is 0.138 e. The van der Waals surface area contributed by atoms with E-state index in [2.05, 4.69) is 36.3 Å². The number of nitriles is 1. The molecule has 0 bridgehead atoms. The Morgan fingerprint density at radius 1 is 1.21 bits per heavy atom. The van der Waals surface area contributed by atoms with Crippen molar-refractivity contribution < 1.29 is 0 Å². The number of hydrogen-bond donors (Lipinski definition) is 1. The summed E-state index contributed by atoms with van der Waals surface area (Å²) in [5.74, 6) is 0.616. The first-order valence-electron chi connectivity index (χ1n) is 5.61. The van der Waals surface area contributed by atoms with Gasteiger partial charge in [-0.25, -0.2) is 4.99 Å². The van der Waals surface area contributed by atoms with Crippen molar-refractivity contribution in [2.45, 2.75) is 0 Å². The Morgan fingerprint density at radius 2 is 1.95 bits per heavy atom. The minimum Gasteiger partial charge on any atom is -0.339 e. The molecular weight excluding hydrogens is 234 g/mol. The van der Waals surface area contributed by atoms with Gasteiger partial charge in [-0.05, 0) is 6.08 Å². The molecule has 0 spiro atoms. The van der Waals surface area contributed by atoms with Crippen LogP contribution in [0.15, 0.2) is 49.0 Å². The van der Waals surface area contributed by atoms with E-state index < -0.39 is 0 Å². The highest BCUT2D eigenvalue weighted by Crippen LogP contribution is 2.29. The molecular formula is C16H15N3. The van der Waals surface area contributed by atoms with Crippen LogP contribution in [0.4, 0.5) is 5.82 Å². The molecule has 0 aromatic carbocycles. The molecule has 94 valence electrons. The van der Waals surface area contributed by atoms with Gasteiger partial charge in [0.2, 0.25) is 0 Å². The number of H-pyrrole nitrogens is 1. The molecule has 0 saturated carbocycles. The standard InChI is InChI=1S/C16H15N3/c1-5-8-9-14-13(6-2)16(19-15(14)7-3)18-11-12(4)10-17/h5-9,11,19H,1-4H2/b9-8-,18-11-. The first-order chi connectivity index (χ1) is 9.17. The fourth-order valence-corrected chi connectivity index (χ4v) is 1.52. The molecule has 0 aliphatic heterocycles. The lowest BCUT2D eigenvalue weighted by Crippen LogP contribution is -1.77. The molecule has 0 unspecified atom stereocenters. The van der Waals surface area contributed by atoms with Crippen molar-refractivity contribution in [2.75, 3.05) is 0 Å². The van der Waals surface area contributed by atoms with Crippen LogP contribution in [0.3, 0.4) is 0 Å². The molecule has 1 N–H and O–H groups in total. The third kappa shape index (κ3) is 3.30. The van der Waals surface area contributed by atoms with Crippen molar-refractivity contribution in [3.63, 3.8) is 0 Å². The number of aromatic nitrogens is 1. The van der Waals surface area contributed by atoms with E-state index in [1.54, 1.807) is 18.2 Å². The number of aromatic amines is 1.